The van der Waals surface area contributed by atoms with Crippen molar-refractivity contribution in [3.63, 3.8) is 0 Å². The van der Waals surface area contributed by atoms with Gasteiger partial charge in [-0.05, 0) is 24.7 Å². The van der Waals surface area contributed by atoms with E-state index in [0.717, 1.165) is 12.8 Å². The van der Waals surface area contributed by atoms with Crippen LogP contribution in [0.15, 0.2) is 0 Å². The molecule has 0 spiro atoms. The van der Waals surface area contributed by atoms with E-state index in [4.69, 9.17) is 0 Å². The van der Waals surface area contributed by atoms with Gasteiger partial charge in [0.05, 0.1) is 0 Å². The van der Waals surface area contributed by atoms with Gasteiger partial charge in [-0.1, -0.05) is 13.8 Å². The molecule has 1 aliphatic carbocycles. The molecule has 0 unspecified atom stereocenters. The van der Waals surface area contributed by atoms with E-state index in [9.17, 15) is 13.6 Å². The Morgan fingerprint density at radius 3 is 2.31 bits per heavy atom. The van der Waals surface area contributed by atoms with Crippen LogP contribution in [0.4, 0.5) is 8.78 Å². The van der Waals surface area contributed by atoms with Crippen LogP contribution in [-0.4, -0.2) is 18.4 Å². The topological polar surface area (TPSA) is 29.1 Å². The van der Waals surface area contributed by atoms with Crippen molar-refractivity contribution >= 4 is 5.91 Å². The fourth-order valence-corrected chi connectivity index (χ4v) is 1.59. The van der Waals surface area contributed by atoms with Crippen molar-refractivity contribution < 1.29 is 13.6 Å². The molecule has 0 radical (unpaired) electrons. The van der Waals surface area contributed by atoms with E-state index in [2.05, 4.69) is 19.2 Å². The van der Waals surface area contributed by atoms with Crippen LogP contribution >= 0.6 is 0 Å². The van der Waals surface area contributed by atoms with Crippen LogP contribution in [0, 0.1) is 11.8 Å². The summed E-state index contributed by atoms with van der Waals surface area (Å²) in [6, 6.07) is -0.0195. The predicted molar refractivity (Wildman–Crippen MR) is 45.5 cm³/mol. The fourth-order valence-electron chi connectivity index (χ4n) is 1.59. The molecule has 0 bridgehead atoms. The molecule has 0 aromatic rings. The highest BCUT2D eigenvalue weighted by atomic mass is 19.3. The average molecular weight is 191 g/mol. The van der Waals surface area contributed by atoms with Crippen molar-refractivity contribution in [1.29, 1.82) is 0 Å². The number of halogens is 2. The molecular weight excluding hydrogens is 176 g/mol. The summed E-state index contributed by atoms with van der Waals surface area (Å²) in [5.74, 6) is 0.0369. The van der Waals surface area contributed by atoms with Gasteiger partial charge in [-0.15, -0.1) is 0 Å². The van der Waals surface area contributed by atoms with Gasteiger partial charge in [0.15, 0.2) is 0 Å². The van der Waals surface area contributed by atoms with Crippen LogP contribution in [0.2, 0.25) is 0 Å². The number of hydrogen-bond acceptors (Lipinski definition) is 1. The molecule has 4 heteroatoms. The third-order valence-electron chi connectivity index (χ3n) is 2.66. The van der Waals surface area contributed by atoms with Gasteiger partial charge in [0.1, 0.15) is 0 Å². The van der Waals surface area contributed by atoms with Crippen molar-refractivity contribution in [3.8, 4) is 0 Å². The smallest absolute Gasteiger partial charge is 0.315 e. The first-order valence-electron chi connectivity index (χ1n) is 4.59. The number of carbonyl (C=O) groups is 1. The minimum atomic E-state index is -2.88. The predicted octanol–water partition coefficient (Wildman–Crippen LogP) is 1.80. The Hall–Kier alpha value is -0.670. The third-order valence-corrected chi connectivity index (χ3v) is 2.66. The summed E-state index contributed by atoms with van der Waals surface area (Å²) >= 11 is 0. The van der Waals surface area contributed by atoms with Gasteiger partial charge in [0, 0.05) is 6.04 Å². The Kier molecular flexibility index (Phi) is 3.22. The van der Waals surface area contributed by atoms with E-state index in [1.54, 1.807) is 0 Å². The summed E-state index contributed by atoms with van der Waals surface area (Å²) < 4.78 is 23.6. The van der Waals surface area contributed by atoms with Gasteiger partial charge in [0.2, 0.25) is 0 Å². The van der Waals surface area contributed by atoms with E-state index < -0.39 is 12.3 Å². The molecule has 1 amide bonds. The van der Waals surface area contributed by atoms with Crippen LogP contribution in [-0.2, 0) is 4.79 Å². The Bertz CT molecular complexity index is 188. The zero-order valence-corrected chi connectivity index (χ0v) is 7.89. The number of carbonyl (C=O) groups excluding carboxylic acids is 1. The zero-order chi connectivity index (χ0) is 10.0. The minimum absolute atomic E-state index is 0.0195. The second-order valence-corrected chi connectivity index (χ2v) is 3.98. The maximum atomic E-state index is 11.8. The van der Waals surface area contributed by atoms with Gasteiger partial charge in [-0.3, -0.25) is 4.79 Å². The Labute approximate surface area is 76.7 Å². The lowest BCUT2D eigenvalue weighted by Gasteiger charge is -2.38. The van der Waals surface area contributed by atoms with Crippen LogP contribution in [0.5, 0.6) is 0 Å². The first-order valence-corrected chi connectivity index (χ1v) is 4.59. The highest BCUT2D eigenvalue weighted by molar-refractivity contribution is 5.79. The van der Waals surface area contributed by atoms with Crippen LogP contribution < -0.4 is 5.32 Å². The van der Waals surface area contributed by atoms with E-state index in [1.165, 1.54) is 0 Å². The van der Waals surface area contributed by atoms with Gasteiger partial charge < -0.3 is 5.32 Å². The van der Waals surface area contributed by atoms with Crippen LogP contribution in [0.25, 0.3) is 0 Å². The van der Waals surface area contributed by atoms with Gasteiger partial charge in [-0.2, -0.15) is 8.78 Å². The molecular formula is C9H15F2NO. The SMILES string of the molecule is CC(C)C1CC(NC(=O)C(F)F)C1. The molecule has 1 saturated carbocycles. The normalized spacial score (nSPS) is 27.5. The number of rotatable bonds is 3. The third kappa shape index (κ3) is 2.64. The second-order valence-electron chi connectivity index (χ2n) is 3.98. The molecule has 0 heterocycles. The van der Waals surface area contributed by atoms with E-state index in [-0.39, 0.29) is 6.04 Å². The maximum absolute atomic E-state index is 11.8. The lowest BCUT2D eigenvalue weighted by Crippen LogP contribution is -2.47. The Morgan fingerprint density at radius 1 is 1.38 bits per heavy atom. The summed E-state index contributed by atoms with van der Waals surface area (Å²) in [6.45, 7) is 4.21. The minimum Gasteiger partial charge on any atom is -0.348 e. The molecule has 0 aromatic heterocycles. The van der Waals surface area contributed by atoms with Gasteiger partial charge >= 0.3 is 6.43 Å². The molecule has 76 valence electrons. The average Bonchev–Trinajstić information content (AvgIpc) is 1.94. The fraction of sp³-hybridized carbons (Fsp3) is 0.889. The second kappa shape index (κ2) is 4.03. The molecule has 1 fully saturated rings. The molecule has 0 aromatic carbocycles. The quantitative estimate of drug-likeness (QED) is 0.724. The van der Waals surface area contributed by atoms with Crippen LogP contribution in [0.3, 0.4) is 0 Å². The molecule has 1 N–H and O–H groups in total. The monoisotopic (exact) mass is 191 g/mol. The zero-order valence-electron chi connectivity index (χ0n) is 7.89. The molecule has 0 atom stereocenters. The summed E-state index contributed by atoms with van der Waals surface area (Å²) in [7, 11) is 0. The first-order chi connectivity index (χ1) is 6.00. The molecule has 2 nitrogen and oxygen atoms in total. The summed E-state index contributed by atoms with van der Waals surface area (Å²) in [5.41, 5.74) is 0. The Morgan fingerprint density at radius 2 is 1.92 bits per heavy atom. The van der Waals surface area contributed by atoms with Gasteiger partial charge in [-0.25, -0.2) is 0 Å². The summed E-state index contributed by atoms with van der Waals surface area (Å²) in [4.78, 5) is 10.6. The van der Waals surface area contributed by atoms with Crippen molar-refractivity contribution in [2.24, 2.45) is 11.8 Å². The number of alkyl halides is 2. The van der Waals surface area contributed by atoms with E-state index in [0.29, 0.717) is 11.8 Å². The number of hydrogen-bond donors (Lipinski definition) is 1. The van der Waals surface area contributed by atoms with Crippen molar-refractivity contribution in [2.45, 2.75) is 39.2 Å². The first kappa shape index (κ1) is 10.4. The van der Waals surface area contributed by atoms with Crippen molar-refractivity contribution in [2.75, 3.05) is 0 Å². The molecule has 0 aliphatic heterocycles. The molecule has 0 saturated heterocycles. The molecule has 1 rings (SSSR count). The number of nitrogens with one attached hydrogen (secondary N) is 1. The van der Waals surface area contributed by atoms with Gasteiger partial charge in [0.25, 0.3) is 5.91 Å². The van der Waals surface area contributed by atoms with Crippen molar-refractivity contribution in [3.05, 3.63) is 0 Å². The maximum Gasteiger partial charge on any atom is 0.315 e. The van der Waals surface area contributed by atoms with Crippen LogP contribution in [0.1, 0.15) is 26.7 Å². The van der Waals surface area contributed by atoms with E-state index in [1.807, 2.05) is 0 Å². The largest absolute Gasteiger partial charge is 0.348 e. The highest BCUT2D eigenvalue weighted by Crippen LogP contribution is 2.33. The summed E-state index contributed by atoms with van der Waals surface area (Å²) in [6.07, 6.45) is -1.19. The Balaban J connectivity index is 2.18. The molecule has 13 heavy (non-hydrogen) atoms. The highest BCUT2D eigenvalue weighted by Gasteiger charge is 2.33. The lowest BCUT2D eigenvalue weighted by atomic mass is 9.74. The molecule has 1 aliphatic rings. The standard InChI is InChI=1S/C9H15F2NO/c1-5(2)6-3-7(4-6)12-9(13)8(10)11/h5-8H,3-4H2,1-2H3,(H,12,13). The van der Waals surface area contributed by atoms with Crippen molar-refractivity contribution in [1.82, 2.24) is 5.32 Å². The van der Waals surface area contributed by atoms with E-state index >= 15 is 0 Å². The number of amides is 1. The summed E-state index contributed by atoms with van der Waals surface area (Å²) in [5, 5.41) is 2.31. The lowest BCUT2D eigenvalue weighted by molar-refractivity contribution is -0.133.